The van der Waals surface area contributed by atoms with Crippen molar-refractivity contribution < 1.29 is 9.21 Å². The van der Waals surface area contributed by atoms with Crippen LogP contribution in [0.2, 0.25) is 0 Å². The Morgan fingerprint density at radius 3 is 2.60 bits per heavy atom. The first-order valence-corrected chi connectivity index (χ1v) is 7.01. The first-order chi connectivity index (χ1) is 9.29. The van der Waals surface area contributed by atoms with Gasteiger partial charge in [0.15, 0.2) is 0 Å². The molecule has 1 heterocycles. The lowest BCUT2D eigenvalue weighted by Gasteiger charge is -2.23. The Morgan fingerprint density at radius 1 is 1.40 bits per heavy atom. The average molecular weight is 281 g/mol. The van der Waals surface area contributed by atoms with E-state index in [4.69, 9.17) is 4.42 Å². The molecular formula is C15H27N3O2. The number of carbonyl (C=O) groups is 1. The van der Waals surface area contributed by atoms with Gasteiger partial charge in [0, 0.05) is 25.0 Å². The molecule has 1 rings (SSSR count). The second-order valence-electron chi connectivity index (χ2n) is 6.23. The first-order valence-electron chi connectivity index (χ1n) is 7.01. The number of rotatable bonds is 7. The van der Waals surface area contributed by atoms with Crippen molar-refractivity contribution in [2.24, 2.45) is 0 Å². The molecule has 2 N–H and O–H groups in total. The summed E-state index contributed by atoms with van der Waals surface area (Å²) in [6.07, 6.45) is 2.14. The highest BCUT2D eigenvalue weighted by molar-refractivity contribution is 5.76. The lowest BCUT2D eigenvalue weighted by molar-refractivity contribution is -0.121. The lowest BCUT2D eigenvalue weighted by Crippen LogP contribution is -2.39. The fourth-order valence-electron chi connectivity index (χ4n) is 1.87. The van der Waals surface area contributed by atoms with Gasteiger partial charge in [-0.25, -0.2) is 0 Å². The van der Waals surface area contributed by atoms with Crippen molar-refractivity contribution >= 4 is 5.91 Å². The molecule has 1 aromatic rings. The second-order valence-corrected chi connectivity index (χ2v) is 6.23. The van der Waals surface area contributed by atoms with E-state index in [1.165, 1.54) is 0 Å². The number of hydrogen-bond donors (Lipinski definition) is 2. The molecular weight excluding hydrogens is 254 g/mol. The van der Waals surface area contributed by atoms with Crippen LogP contribution in [0.3, 0.4) is 0 Å². The van der Waals surface area contributed by atoms with E-state index in [9.17, 15) is 4.79 Å². The van der Waals surface area contributed by atoms with E-state index in [1.54, 1.807) is 6.26 Å². The highest BCUT2D eigenvalue weighted by atomic mass is 16.3. The van der Waals surface area contributed by atoms with E-state index < -0.39 is 0 Å². The third-order valence-electron chi connectivity index (χ3n) is 2.99. The van der Waals surface area contributed by atoms with Crippen molar-refractivity contribution in [1.29, 1.82) is 0 Å². The maximum atomic E-state index is 11.8. The molecule has 0 saturated carbocycles. The number of amides is 1. The summed E-state index contributed by atoms with van der Waals surface area (Å²) < 4.78 is 5.41. The normalized spacial score (nSPS) is 13.5. The van der Waals surface area contributed by atoms with Crippen LogP contribution >= 0.6 is 0 Å². The lowest BCUT2D eigenvalue weighted by atomic mass is 10.1. The molecule has 0 saturated heterocycles. The Hall–Kier alpha value is -1.33. The predicted molar refractivity (Wildman–Crippen MR) is 80.5 cm³/mol. The number of furan rings is 1. The zero-order chi connectivity index (χ0) is 15.2. The summed E-state index contributed by atoms with van der Waals surface area (Å²) in [6.45, 7) is 7.50. The van der Waals surface area contributed by atoms with Gasteiger partial charge in [-0.15, -0.1) is 0 Å². The van der Waals surface area contributed by atoms with Crippen LogP contribution in [0.4, 0.5) is 0 Å². The van der Waals surface area contributed by atoms with Gasteiger partial charge in [-0.2, -0.15) is 0 Å². The summed E-state index contributed by atoms with van der Waals surface area (Å²) in [6, 6.07) is 3.85. The SMILES string of the molecule is CN(C)C(CNC(=O)CCNC(C)(C)C)c1ccco1. The molecule has 0 aliphatic heterocycles. The molecule has 0 spiro atoms. The van der Waals surface area contributed by atoms with Crippen molar-refractivity contribution in [2.75, 3.05) is 27.2 Å². The number of carbonyl (C=O) groups excluding carboxylic acids is 1. The largest absolute Gasteiger partial charge is 0.468 e. The summed E-state index contributed by atoms with van der Waals surface area (Å²) in [4.78, 5) is 13.9. The van der Waals surface area contributed by atoms with Gasteiger partial charge >= 0.3 is 0 Å². The van der Waals surface area contributed by atoms with E-state index in [0.29, 0.717) is 19.5 Å². The molecule has 0 radical (unpaired) electrons. The highest BCUT2D eigenvalue weighted by Crippen LogP contribution is 2.17. The zero-order valence-corrected chi connectivity index (χ0v) is 13.2. The van der Waals surface area contributed by atoms with Gasteiger partial charge in [0.05, 0.1) is 12.3 Å². The quantitative estimate of drug-likeness (QED) is 0.800. The molecule has 5 heteroatoms. The molecule has 20 heavy (non-hydrogen) atoms. The standard InChI is InChI=1S/C15H27N3O2/c1-15(2,3)17-9-8-14(19)16-11-12(18(4)5)13-7-6-10-20-13/h6-7,10,12,17H,8-9,11H2,1-5H3,(H,16,19). The number of nitrogens with zero attached hydrogens (tertiary/aromatic N) is 1. The molecule has 0 bridgehead atoms. The minimum Gasteiger partial charge on any atom is -0.468 e. The van der Waals surface area contributed by atoms with E-state index in [2.05, 4.69) is 31.4 Å². The summed E-state index contributed by atoms with van der Waals surface area (Å²) >= 11 is 0. The van der Waals surface area contributed by atoms with Gasteiger partial charge < -0.3 is 15.1 Å². The van der Waals surface area contributed by atoms with E-state index in [1.807, 2.05) is 31.1 Å². The first kappa shape index (κ1) is 16.7. The predicted octanol–water partition coefficient (Wildman–Crippen LogP) is 1.78. The Balaban J connectivity index is 2.35. The molecule has 1 amide bonds. The fraction of sp³-hybridized carbons (Fsp3) is 0.667. The van der Waals surface area contributed by atoms with Crippen molar-refractivity contribution in [2.45, 2.75) is 38.8 Å². The van der Waals surface area contributed by atoms with Crippen LogP contribution < -0.4 is 10.6 Å². The van der Waals surface area contributed by atoms with Crippen molar-refractivity contribution in [3.63, 3.8) is 0 Å². The van der Waals surface area contributed by atoms with Crippen LogP contribution in [-0.2, 0) is 4.79 Å². The van der Waals surface area contributed by atoms with Crippen LogP contribution in [0.1, 0.15) is 39.0 Å². The van der Waals surface area contributed by atoms with Gasteiger partial charge in [0.1, 0.15) is 5.76 Å². The van der Waals surface area contributed by atoms with Crippen molar-refractivity contribution in [3.05, 3.63) is 24.2 Å². The Kier molecular flexibility index (Phi) is 6.23. The Bertz CT molecular complexity index is 394. The highest BCUT2D eigenvalue weighted by Gasteiger charge is 2.17. The van der Waals surface area contributed by atoms with Gasteiger partial charge in [-0.05, 0) is 47.0 Å². The monoisotopic (exact) mass is 281 g/mol. The third kappa shape index (κ3) is 6.21. The fourth-order valence-corrected chi connectivity index (χ4v) is 1.87. The van der Waals surface area contributed by atoms with Gasteiger partial charge in [0.25, 0.3) is 0 Å². The maximum Gasteiger partial charge on any atom is 0.221 e. The topological polar surface area (TPSA) is 57.5 Å². The third-order valence-corrected chi connectivity index (χ3v) is 2.99. The van der Waals surface area contributed by atoms with E-state index in [0.717, 1.165) is 5.76 Å². The Morgan fingerprint density at radius 2 is 2.10 bits per heavy atom. The van der Waals surface area contributed by atoms with Gasteiger partial charge in [0.2, 0.25) is 5.91 Å². The van der Waals surface area contributed by atoms with E-state index >= 15 is 0 Å². The summed E-state index contributed by atoms with van der Waals surface area (Å²) in [5.41, 5.74) is 0.0423. The minimum absolute atomic E-state index is 0.0423. The molecule has 0 fully saturated rings. The van der Waals surface area contributed by atoms with Crippen LogP contribution in [-0.4, -0.2) is 43.5 Å². The summed E-state index contributed by atoms with van der Waals surface area (Å²) in [7, 11) is 3.95. The summed E-state index contributed by atoms with van der Waals surface area (Å²) in [5, 5.41) is 6.26. The Labute approximate surface area is 121 Å². The van der Waals surface area contributed by atoms with Crippen LogP contribution in [0, 0.1) is 0 Å². The minimum atomic E-state index is 0.0423. The second kappa shape index (κ2) is 7.45. The smallest absolute Gasteiger partial charge is 0.221 e. The van der Waals surface area contributed by atoms with E-state index in [-0.39, 0.29) is 17.5 Å². The van der Waals surface area contributed by atoms with Gasteiger partial charge in [-0.3, -0.25) is 9.69 Å². The number of likely N-dealkylation sites (N-methyl/N-ethyl adjacent to an activating group) is 1. The number of nitrogens with one attached hydrogen (secondary N) is 2. The molecule has 5 nitrogen and oxygen atoms in total. The van der Waals surface area contributed by atoms with Gasteiger partial charge in [-0.1, -0.05) is 0 Å². The maximum absolute atomic E-state index is 11.8. The van der Waals surface area contributed by atoms with Crippen LogP contribution in [0.5, 0.6) is 0 Å². The number of hydrogen-bond acceptors (Lipinski definition) is 4. The van der Waals surface area contributed by atoms with Crippen molar-refractivity contribution in [3.8, 4) is 0 Å². The molecule has 114 valence electrons. The van der Waals surface area contributed by atoms with Crippen LogP contribution in [0.25, 0.3) is 0 Å². The molecule has 1 unspecified atom stereocenters. The molecule has 0 aromatic carbocycles. The zero-order valence-electron chi connectivity index (χ0n) is 13.2. The van der Waals surface area contributed by atoms with Crippen LogP contribution in [0.15, 0.2) is 22.8 Å². The van der Waals surface area contributed by atoms with Crippen molar-refractivity contribution in [1.82, 2.24) is 15.5 Å². The average Bonchev–Trinajstić information content (AvgIpc) is 2.80. The molecule has 1 aromatic heterocycles. The summed E-state index contributed by atoms with van der Waals surface area (Å²) in [5.74, 6) is 0.920. The molecule has 0 aliphatic carbocycles. The molecule has 1 atom stereocenters. The molecule has 0 aliphatic rings.